The molecule has 6 heteroatoms. The van der Waals surface area contributed by atoms with E-state index in [1.165, 1.54) is 38.6 Å². The Morgan fingerprint density at radius 2 is 1.04 bits per heavy atom. The van der Waals surface area contributed by atoms with Crippen molar-refractivity contribution in [2.75, 3.05) is 0 Å². The van der Waals surface area contributed by atoms with E-state index in [9.17, 15) is 17.3 Å². The molecule has 1 nitrogen and oxygen atoms in total. The quantitative estimate of drug-likeness (QED) is 0.141. The molecule has 0 radical (unpaired) electrons. The first kappa shape index (κ1) is 19.9. The Balaban J connectivity index is 0.000000403. The zero-order chi connectivity index (χ0) is 20.5. The van der Waals surface area contributed by atoms with Gasteiger partial charge in [0.05, 0.1) is 10.8 Å². The molecule has 0 atom stereocenters. The van der Waals surface area contributed by atoms with Gasteiger partial charge < -0.3 is 17.3 Å². The molecule has 144 valence electrons. The van der Waals surface area contributed by atoms with Crippen molar-refractivity contribution in [3.05, 3.63) is 77.4 Å². The van der Waals surface area contributed by atoms with Crippen LogP contribution >= 0.6 is 0 Å². The second-order valence-electron chi connectivity index (χ2n) is 6.74. The molecule has 0 bridgehead atoms. The first-order valence-electron chi connectivity index (χ1n) is 8.84. The predicted octanol–water partition coefficient (Wildman–Crippen LogP) is 7.76. The van der Waals surface area contributed by atoms with Gasteiger partial charge in [-0.2, -0.15) is 0 Å². The minimum absolute atomic E-state index is 0.931. The number of benzene rings is 3. The van der Waals surface area contributed by atoms with E-state index in [1.54, 1.807) is 0 Å². The SMILES string of the molecule is Cc1cc(C)c(-c2c3ccccc3[o+]c3ccccc23)c(C)c1.F[B-](F)(F)F. The van der Waals surface area contributed by atoms with Gasteiger partial charge in [0, 0.05) is 17.7 Å². The summed E-state index contributed by atoms with van der Waals surface area (Å²) in [7, 11) is -6.00. The molecule has 0 unspecified atom stereocenters. The van der Waals surface area contributed by atoms with E-state index in [0.29, 0.717) is 0 Å². The van der Waals surface area contributed by atoms with Crippen LogP contribution in [0.5, 0.6) is 0 Å². The van der Waals surface area contributed by atoms with E-state index < -0.39 is 7.25 Å². The largest absolute Gasteiger partial charge is 0.673 e. The van der Waals surface area contributed by atoms with E-state index in [1.807, 2.05) is 24.3 Å². The summed E-state index contributed by atoms with van der Waals surface area (Å²) in [6.07, 6.45) is 0. The molecule has 4 aromatic rings. The van der Waals surface area contributed by atoms with Crippen LogP contribution in [-0.2, 0) is 0 Å². The number of para-hydroxylation sites is 2. The first-order chi connectivity index (χ1) is 13.1. The van der Waals surface area contributed by atoms with Crippen molar-refractivity contribution in [3.63, 3.8) is 0 Å². The van der Waals surface area contributed by atoms with Crippen LogP contribution in [-0.4, -0.2) is 7.25 Å². The van der Waals surface area contributed by atoms with Gasteiger partial charge >= 0.3 is 18.4 Å². The van der Waals surface area contributed by atoms with E-state index >= 15 is 0 Å². The molecule has 0 spiro atoms. The number of aryl methyl sites for hydroxylation is 3. The zero-order valence-electron chi connectivity index (χ0n) is 15.8. The maximum Gasteiger partial charge on any atom is 0.673 e. The molecule has 0 amide bonds. The second kappa shape index (κ2) is 7.62. The molecule has 0 N–H and O–H groups in total. The number of fused-ring (bicyclic) bond motifs is 2. The lowest BCUT2D eigenvalue weighted by molar-refractivity contribution is 0.368. The molecule has 0 saturated heterocycles. The van der Waals surface area contributed by atoms with Crippen LogP contribution in [0.2, 0.25) is 0 Å². The normalized spacial score (nSPS) is 11.4. The van der Waals surface area contributed by atoms with Crippen molar-refractivity contribution in [2.24, 2.45) is 0 Å². The topological polar surface area (TPSA) is 11.3 Å². The Bertz CT molecular complexity index is 1070. The lowest BCUT2D eigenvalue weighted by atomic mass is 9.89. The van der Waals surface area contributed by atoms with Gasteiger partial charge in [0.2, 0.25) is 0 Å². The standard InChI is InChI=1S/C22H19O.BF4/c1-14-12-15(2)21(16(3)13-14)22-17-8-4-6-10-19(17)23-20-11-7-5-9-18(20)22;2-1(3,4)5/h4-13H,1-3H3;/q+1;-1. The minimum atomic E-state index is -6.00. The number of halogens is 4. The summed E-state index contributed by atoms with van der Waals surface area (Å²) >= 11 is 0. The average Bonchev–Trinajstić information content (AvgIpc) is 2.59. The van der Waals surface area contributed by atoms with Crippen molar-refractivity contribution >= 4 is 29.2 Å². The highest BCUT2D eigenvalue weighted by Gasteiger charge is 2.22. The maximum atomic E-state index is 9.75. The predicted molar refractivity (Wildman–Crippen MR) is 108 cm³/mol. The number of hydrogen-bond acceptors (Lipinski definition) is 0. The van der Waals surface area contributed by atoms with Gasteiger partial charge in [-0.25, -0.2) is 4.42 Å². The summed E-state index contributed by atoms with van der Waals surface area (Å²) in [5.41, 5.74) is 8.38. The van der Waals surface area contributed by atoms with Crippen LogP contribution in [0.15, 0.2) is 65.1 Å². The van der Waals surface area contributed by atoms with Gasteiger partial charge in [-0.1, -0.05) is 42.0 Å². The molecule has 0 fully saturated rings. The molecule has 28 heavy (non-hydrogen) atoms. The molecular formula is C22H19BF4O. The minimum Gasteiger partial charge on any atom is -0.418 e. The van der Waals surface area contributed by atoms with E-state index in [4.69, 9.17) is 4.42 Å². The van der Waals surface area contributed by atoms with Crippen molar-refractivity contribution < 1.29 is 21.7 Å². The summed E-state index contributed by atoms with van der Waals surface area (Å²) in [5.74, 6) is 0. The summed E-state index contributed by atoms with van der Waals surface area (Å²) in [6.45, 7) is 6.55. The highest BCUT2D eigenvalue weighted by molar-refractivity contribution is 6.50. The Hall–Kier alpha value is -2.89. The summed E-state index contributed by atoms with van der Waals surface area (Å²) < 4.78 is 45.1. The molecule has 1 aromatic heterocycles. The lowest BCUT2D eigenvalue weighted by Crippen LogP contribution is -2.02. The first-order valence-corrected chi connectivity index (χ1v) is 8.84. The Kier molecular flexibility index (Phi) is 5.41. The third-order valence-electron chi connectivity index (χ3n) is 4.46. The fourth-order valence-corrected chi connectivity index (χ4v) is 3.63. The smallest absolute Gasteiger partial charge is 0.418 e. The van der Waals surface area contributed by atoms with Crippen molar-refractivity contribution in [1.29, 1.82) is 0 Å². The maximum absolute atomic E-state index is 9.75. The van der Waals surface area contributed by atoms with Crippen LogP contribution in [0.4, 0.5) is 17.3 Å². The molecule has 0 saturated carbocycles. The third kappa shape index (κ3) is 4.33. The van der Waals surface area contributed by atoms with Gasteiger partial charge in [0.1, 0.15) is 0 Å². The molecule has 0 aliphatic carbocycles. The monoisotopic (exact) mass is 386 g/mol. The van der Waals surface area contributed by atoms with Gasteiger partial charge in [0.25, 0.3) is 0 Å². The van der Waals surface area contributed by atoms with Gasteiger partial charge in [-0.05, 0) is 49.6 Å². The van der Waals surface area contributed by atoms with Crippen molar-refractivity contribution in [1.82, 2.24) is 0 Å². The van der Waals surface area contributed by atoms with Crippen LogP contribution in [0, 0.1) is 20.8 Å². The highest BCUT2D eigenvalue weighted by atomic mass is 19.5. The van der Waals surface area contributed by atoms with Crippen molar-refractivity contribution in [2.45, 2.75) is 20.8 Å². The van der Waals surface area contributed by atoms with E-state index in [-0.39, 0.29) is 0 Å². The number of rotatable bonds is 1. The molecule has 0 aliphatic rings. The van der Waals surface area contributed by atoms with Gasteiger partial charge in [0.15, 0.2) is 0 Å². The van der Waals surface area contributed by atoms with Crippen LogP contribution in [0.1, 0.15) is 16.7 Å². The van der Waals surface area contributed by atoms with Crippen LogP contribution < -0.4 is 0 Å². The zero-order valence-corrected chi connectivity index (χ0v) is 15.8. The van der Waals surface area contributed by atoms with Gasteiger partial charge in [-0.15, -0.1) is 0 Å². The Labute approximate surface area is 160 Å². The van der Waals surface area contributed by atoms with Gasteiger partial charge in [-0.3, -0.25) is 0 Å². The van der Waals surface area contributed by atoms with Crippen molar-refractivity contribution in [3.8, 4) is 11.1 Å². The fraction of sp³-hybridized carbons (Fsp3) is 0.136. The highest BCUT2D eigenvalue weighted by Crippen LogP contribution is 2.39. The van der Waals surface area contributed by atoms with Crippen LogP contribution in [0.25, 0.3) is 33.1 Å². The molecule has 0 aliphatic heterocycles. The van der Waals surface area contributed by atoms with E-state index in [0.717, 1.165) is 11.2 Å². The molecule has 4 rings (SSSR count). The second-order valence-corrected chi connectivity index (χ2v) is 6.74. The fourth-order valence-electron chi connectivity index (χ4n) is 3.63. The number of hydrogen-bond donors (Lipinski definition) is 0. The third-order valence-corrected chi connectivity index (χ3v) is 4.46. The summed E-state index contributed by atoms with van der Waals surface area (Å²) in [4.78, 5) is 0. The Morgan fingerprint density at radius 3 is 1.46 bits per heavy atom. The molecular weight excluding hydrogens is 367 g/mol. The average molecular weight is 386 g/mol. The summed E-state index contributed by atoms with van der Waals surface area (Å²) in [6, 6.07) is 21.1. The van der Waals surface area contributed by atoms with Crippen LogP contribution in [0.3, 0.4) is 0 Å². The molecule has 1 heterocycles. The Morgan fingerprint density at radius 1 is 0.643 bits per heavy atom. The summed E-state index contributed by atoms with van der Waals surface area (Å²) in [5, 5.41) is 2.34. The molecule has 3 aromatic carbocycles. The van der Waals surface area contributed by atoms with E-state index in [2.05, 4.69) is 57.2 Å². The lowest BCUT2D eigenvalue weighted by Gasteiger charge is -2.13.